The quantitative estimate of drug-likeness (QED) is 0.679. The summed E-state index contributed by atoms with van der Waals surface area (Å²) in [7, 11) is -1.61. The molecular weight excluding hydrogens is 391 g/mol. The number of benzene rings is 2. The molecule has 0 bridgehead atoms. The third-order valence-corrected chi connectivity index (χ3v) is 7.50. The molecule has 1 heterocycles. The second-order valence-corrected chi connectivity index (χ2v) is 9.76. The van der Waals surface area contributed by atoms with Crippen LogP contribution in [-0.2, 0) is 21.2 Å². The van der Waals surface area contributed by atoms with Crippen LogP contribution in [0, 0.1) is 5.82 Å². The second-order valence-electron chi connectivity index (χ2n) is 6.18. The molecule has 1 fully saturated rings. The van der Waals surface area contributed by atoms with E-state index in [0.29, 0.717) is 22.4 Å². The Morgan fingerprint density at radius 2 is 2.04 bits per heavy atom. The van der Waals surface area contributed by atoms with Crippen molar-refractivity contribution in [1.82, 2.24) is 0 Å². The Kier molecular flexibility index (Phi) is 6.06. The van der Waals surface area contributed by atoms with Gasteiger partial charge in [0.1, 0.15) is 6.61 Å². The molecule has 0 N–H and O–H groups in total. The molecule has 0 unspecified atom stereocenters. The molecule has 0 aromatic heterocycles. The van der Waals surface area contributed by atoms with Crippen LogP contribution in [0.4, 0.5) is 4.39 Å². The molecule has 0 aliphatic carbocycles. The van der Waals surface area contributed by atoms with Gasteiger partial charge >= 0.3 is 5.97 Å². The lowest BCUT2D eigenvalue weighted by atomic mass is 10.2. The number of carbonyl (C=O) groups is 1. The fourth-order valence-electron chi connectivity index (χ4n) is 2.80. The first kappa shape index (κ1) is 19.7. The molecule has 2 aromatic carbocycles. The highest BCUT2D eigenvalue weighted by Crippen LogP contribution is 2.33. The van der Waals surface area contributed by atoms with Crippen molar-refractivity contribution in [3.8, 4) is 5.75 Å². The Balaban J connectivity index is 1.67. The van der Waals surface area contributed by atoms with E-state index in [0.717, 1.165) is 0 Å². The molecule has 1 aliphatic rings. The van der Waals surface area contributed by atoms with Crippen LogP contribution in [0.3, 0.4) is 0 Å². The summed E-state index contributed by atoms with van der Waals surface area (Å²) in [5, 5.41) is -0.0698. The molecule has 0 spiro atoms. The molecule has 0 saturated carbocycles. The van der Waals surface area contributed by atoms with E-state index in [4.69, 9.17) is 9.47 Å². The molecule has 1 saturated heterocycles. The lowest BCUT2D eigenvalue weighted by Gasteiger charge is -2.12. The Bertz CT molecular complexity index is 943. The van der Waals surface area contributed by atoms with Crippen molar-refractivity contribution in [2.24, 2.45) is 0 Å². The molecule has 1 atom stereocenters. The maximum absolute atomic E-state index is 13.7. The zero-order valence-electron chi connectivity index (χ0n) is 14.7. The van der Waals surface area contributed by atoms with Crippen LogP contribution in [0.1, 0.15) is 22.3 Å². The van der Waals surface area contributed by atoms with Gasteiger partial charge in [-0.3, -0.25) is 0 Å². The number of esters is 1. The molecule has 2 aromatic rings. The van der Waals surface area contributed by atoms with E-state index in [1.807, 2.05) is 0 Å². The van der Waals surface area contributed by atoms with Crippen molar-refractivity contribution in [2.75, 3.05) is 18.6 Å². The van der Waals surface area contributed by atoms with Crippen LogP contribution in [0.15, 0.2) is 47.4 Å². The van der Waals surface area contributed by atoms with Gasteiger partial charge in [0.2, 0.25) is 0 Å². The fraction of sp³-hybridized carbons (Fsp3) is 0.316. The molecule has 144 valence electrons. The van der Waals surface area contributed by atoms with Crippen LogP contribution in [0.2, 0.25) is 0 Å². The van der Waals surface area contributed by atoms with Crippen LogP contribution < -0.4 is 4.74 Å². The lowest BCUT2D eigenvalue weighted by Crippen LogP contribution is -2.10. The maximum atomic E-state index is 13.7. The molecule has 3 rings (SSSR count). The first-order chi connectivity index (χ1) is 12.9. The van der Waals surface area contributed by atoms with Crippen molar-refractivity contribution in [3.05, 3.63) is 59.4 Å². The highest BCUT2D eigenvalue weighted by atomic mass is 32.2. The summed E-state index contributed by atoms with van der Waals surface area (Å²) in [4.78, 5) is 13.2. The Hall–Kier alpha value is -2.06. The van der Waals surface area contributed by atoms with Gasteiger partial charge in [-0.25, -0.2) is 17.6 Å². The lowest BCUT2D eigenvalue weighted by molar-refractivity contribution is 0.0468. The zero-order valence-corrected chi connectivity index (χ0v) is 16.3. The Morgan fingerprint density at radius 1 is 1.26 bits per heavy atom. The number of rotatable bonds is 6. The van der Waals surface area contributed by atoms with E-state index in [-0.39, 0.29) is 29.1 Å². The SMILES string of the molecule is COc1ccc(COC(=O)c2ccccc2S[C@H]2CCS(=O)(=O)C2)cc1F. The summed E-state index contributed by atoms with van der Waals surface area (Å²) < 4.78 is 47.2. The van der Waals surface area contributed by atoms with Crippen LogP contribution >= 0.6 is 11.8 Å². The summed E-state index contributed by atoms with van der Waals surface area (Å²) in [5.74, 6) is -0.634. The van der Waals surface area contributed by atoms with E-state index in [1.165, 1.54) is 31.0 Å². The van der Waals surface area contributed by atoms with Gasteiger partial charge in [0.25, 0.3) is 0 Å². The zero-order chi connectivity index (χ0) is 19.4. The summed E-state index contributed by atoms with van der Waals surface area (Å²) in [5.41, 5.74) is 0.884. The van der Waals surface area contributed by atoms with Crippen molar-refractivity contribution in [2.45, 2.75) is 23.2 Å². The molecule has 5 nitrogen and oxygen atoms in total. The van der Waals surface area contributed by atoms with E-state index < -0.39 is 21.6 Å². The van der Waals surface area contributed by atoms with E-state index in [1.54, 1.807) is 30.3 Å². The number of ether oxygens (including phenoxy) is 2. The molecular formula is C19H19FO5S2. The maximum Gasteiger partial charge on any atom is 0.339 e. The number of carbonyl (C=O) groups excluding carboxylic acids is 1. The number of methoxy groups -OCH3 is 1. The first-order valence-electron chi connectivity index (χ1n) is 8.33. The van der Waals surface area contributed by atoms with Gasteiger partial charge in [-0.15, -0.1) is 11.8 Å². The van der Waals surface area contributed by atoms with Gasteiger partial charge in [0, 0.05) is 10.1 Å². The molecule has 27 heavy (non-hydrogen) atoms. The average Bonchev–Trinajstić information content (AvgIpc) is 2.98. The van der Waals surface area contributed by atoms with Gasteiger partial charge in [-0.05, 0) is 36.2 Å². The highest BCUT2D eigenvalue weighted by molar-refractivity contribution is 8.02. The number of thioether (sulfide) groups is 1. The summed E-state index contributed by atoms with van der Waals surface area (Å²) >= 11 is 1.38. The number of sulfone groups is 1. The van der Waals surface area contributed by atoms with Crippen molar-refractivity contribution in [1.29, 1.82) is 0 Å². The van der Waals surface area contributed by atoms with Crippen LogP contribution in [0.5, 0.6) is 5.75 Å². The van der Waals surface area contributed by atoms with Gasteiger partial charge < -0.3 is 9.47 Å². The van der Waals surface area contributed by atoms with Gasteiger partial charge in [0.05, 0.1) is 24.2 Å². The molecule has 1 aliphatic heterocycles. The summed E-state index contributed by atoms with van der Waals surface area (Å²) in [6.45, 7) is -0.0729. The highest BCUT2D eigenvalue weighted by Gasteiger charge is 2.29. The van der Waals surface area contributed by atoms with E-state index in [2.05, 4.69) is 0 Å². The first-order valence-corrected chi connectivity index (χ1v) is 11.0. The molecule has 8 heteroatoms. The van der Waals surface area contributed by atoms with Crippen molar-refractivity contribution < 1.29 is 27.1 Å². The summed E-state index contributed by atoms with van der Waals surface area (Å²) in [6.07, 6.45) is 0.571. The van der Waals surface area contributed by atoms with Crippen molar-refractivity contribution in [3.63, 3.8) is 0 Å². The van der Waals surface area contributed by atoms with E-state index in [9.17, 15) is 17.6 Å². The second kappa shape index (κ2) is 8.31. The topological polar surface area (TPSA) is 69.7 Å². The Morgan fingerprint density at radius 3 is 2.70 bits per heavy atom. The summed E-state index contributed by atoms with van der Waals surface area (Å²) in [6, 6.07) is 11.3. The largest absolute Gasteiger partial charge is 0.494 e. The monoisotopic (exact) mass is 410 g/mol. The van der Waals surface area contributed by atoms with Crippen molar-refractivity contribution >= 4 is 27.6 Å². The van der Waals surface area contributed by atoms with Gasteiger partial charge in [0.15, 0.2) is 21.4 Å². The Labute approximate surface area is 161 Å². The molecule has 0 amide bonds. The minimum atomic E-state index is -2.99. The number of halogens is 1. The van der Waals surface area contributed by atoms with Crippen LogP contribution in [0.25, 0.3) is 0 Å². The number of hydrogen-bond acceptors (Lipinski definition) is 6. The smallest absolute Gasteiger partial charge is 0.339 e. The minimum Gasteiger partial charge on any atom is -0.494 e. The van der Waals surface area contributed by atoms with Gasteiger partial charge in [-0.1, -0.05) is 18.2 Å². The van der Waals surface area contributed by atoms with Crippen LogP contribution in [-0.4, -0.2) is 38.3 Å². The average molecular weight is 410 g/mol. The standard InChI is InChI=1S/C19H19FO5S2/c1-24-17-7-6-13(10-16(17)20)11-25-19(21)15-4-2-3-5-18(15)26-14-8-9-27(22,23)12-14/h2-7,10,14H,8-9,11-12H2,1H3/t14-/m0/s1. The van der Waals surface area contributed by atoms with E-state index >= 15 is 0 Å². The molecule has 0 radical (unpaired) electrons. The predicted octanol–water partition coefficient (Wildman–Crippen LogP) is 3.47. The van der Waals surface area contributed by atoms with Gasteiger partial charge in [-0.2, -0.15) is 0 Å². The normalized spacial score (nSPS) is 18.2. The third-order valence-electron chi connectivity index (χ3n) is 4.18. The minimum absolute atomic E-state index is 0.0698. The number of hydrogen-bond donors (Lipinski definition) is 0. The fourth-order valence-corrected chi connectivity index (χ4v) is 6.41. The third kappa shape index (κ3) is 5.01. The predicted molar refractivity (Wildman–Crippen MR) is 101 cm³/mol.